The molecule has 7 heteroatoms. The molecule has 2 aromatic rings. The van der Waals surface area contributed by atoms with Gasteiger partial charge in [0.15, 0.2) is 0 Å². The number of hydrogen-bond acceptors (Lipinski definition) is 5. The van der Waals surface area contributed by atoms with Gasteiger partial charge in [0.2, 0.25) is 5.88 Å². The van der Waals surface area contributed by atoms with E-state index in [2.05, 4.69) is 4.98 Å². The maximum atomic E-state index is 12.2. The minimum atomic E-state index is -4.07. The summed E-state index contributed by atoms with van der Waals surface area (Å²) >= 11 is 5.96. The Labute approximate surface area is 122 Å². The lowest BCUT2D eigenvalue weighted by atomic mass is 10.2. The first-order valence-corrected chi connectivity index (χ1v) is 7.42. The Bertz CT molecular complexity index is 717. The summed E-state index contributed by atoms with van der Waals surface area (Å²) in [4.78, 5) is 3.67. The highest BCUT2D eigenvalue weighted by Crippen LogP contribution is 2.31. The monoisotopic (exact) mass is 313 g/mol. The van der Waals surface area contributed by atoms with Gasteiger partial charge in [-0.2, -0.15) is 8.42 Å². The number of nitrogens with zero attached hydrogens (tertiary/aromatic N) is 1. The molecule has 0 radical (unpaired) electrons. The molecule has 2 rings (SSSR count). The molecule has 0 amide bonds. The van der Waals surface area contributed by atoms with Crippen molar-refractivity contribution < 1.29 is 17.3 Å². The van der Waals surface area contributed by atoms with Gasteiger partial charge in [-0.25, -0.2) is 4.98 Å². The maximum absolute atomic E-state index is 12.2. The molecule has 0 saturated carbocycles. The Kier molecular flexibility index (Phi) is 4.15. The standard InChI is InChI=1S/C13H12ClNO4S/c1-9-7-11(18-2)12(8-10(9)14)20(16,17)19-13-5-3-4-6-15-13/h3-8H,1-2H3. The van der Waals surface area contributed by atoms with Crippen LogP contribution >= 0.6 is 11.6 Å². The number of methoxy groups -OCH3 is 1. The van der Waals surface area contributed by atoms with E-state index in [1.807, 2.05) is 0 Å². The third-order valence-corrected chi connectivity index (χ3v) is 4.20. The number of rotatable bonds is 4. The predicted molar refractivity (Wildman–Crippen MR) is 74.8 cm³/mol. The highest BCUT2D eigenvalue weighted by molar-refractivity contribution is 7.87. The van der Waals surface area contributed by atoms with Crippen LogP contribution in [0, 0.1) is 6.92 Å². The summed E-state index contributed by atoms with van der Waals surface area (Å²) in [6.07, 6.45) is 1.43. The van der Waals surface area contributed by atoms with Gasteiger partial charge in [0.05, 0.1) is 7.11 Å². The second-order valence-corrected chi connectivity index (χ2v) is 5.88. The average molecular weight is 314 g/mol. The molecule has 106 valence electrons. The number of halogens is 1. The van der Waals surface area contributed by atoms with Crippen molar-refractivity contribution in [2.45, 2.75) is 11.8 Å². The molecule has 5 nitrogen and oxygen atoms in total. The Morgan fingerprint density at radius 3 is 2.60 bits per heavy atom. The first-order valence-electron chi connectivity index (χ1n) is 5.63. The van der Waals surface area contributed by atoms with Crippen molar-refractivity contribution in [2.24, 2.45) is 0 Å². The van der Waals surface area contributed by atoms with Crippen LogP contribution in [0.2, 0.25) is 5.02 Å². The van der Waals surface area contributed by atoms with Crippen LogP contribution in [-0.4, -0.2) is 20.5 Å². The van der Waals surface area contributed by atoms with Crippen molar-refractivity contribution in [2.75, 3.05) is 7.11 Å². The molecule has 0 aliphatic heterocycles. The summed E-state index contributed by atoms with van der Waals surface area (Å²) in [5.74, 6) is 0.147. The number of aryl methyl sites for hydroxylation is 1. The van der Waals surface area contributed by atoms with Gasteiger partial charge in [-0.15, -0.1) is 0 Å². The lowest BCUT2D eigenvalue weighted by molar-refractivity contribution is 0.397. The molecule has 0 bridgehead atoms. The normalized spacial score (nSPS) is 11.2. The van der Waals surface area contributed by atoms with E-state index < -0.39 is 10.1 Å². The van der Waals surface area contributed by atoms with Gasteiger partial charge in [-0.3, -0.25) is 0 Å². The van der Waals surface area contributed by atoms with Crippen LogP contribution < -0.4 is 8.92 Å². The number of pyridine rings is 1. The molecule has 1 aromatic carbocycles. The summed E-state index contributed by atoms with van der Waals surface area (Å²) in [5, 5.41) is 0.314. The Balaban J connectivity index is 2.47. The SMILES string of the molecule is COc1cc(C)c(Cl)cc1S(=O)(=O)Oc1ccccn1. The molecular formula is C13H12ClNO4S. The zero-order chi connectivity index (χ0) is 14.8. The summed E-state index contributed by atoms with van der Waals surface area (Å²) in [7, 11) is -2.69. The minimum absolute atomic E-state index is 0.0220. The van der Waals surface area contributed by atoms with E-state index in [1.165, 1.54) is 31.5 Å². The molecule has 0 fully saturated rings. The third kappa shape index (κ3) is 3.02. The Morgan fingerprint density at radius 1 is 1.25 bits per heavy atom. The number of benzene rings is 1. The second-order valence-electron chi connectivity index (χ2n) is 3.96. The van der Waals surface area contributed by atoms with Crippen LogP contribution in [0.4, 0.5) is 0 Å². The van der Waals surface area contributed by atoms with Crippen LogP contribution in [0.15, 0.2) is 41.4 Å². The maximum Gasteiger partial charge on any atom is 0.344 e. The van der Waals surface area contributed by atoms with E-state index in [-0.39, 0.29) is 16.5 Å². The summed E-state index contributed by atoms with van der Waals surface area (Å²) in [6.45, 7) is 1.75. The number of aromatic nitrogens is 1. The zero-order valence-electron chi connectivity index (χ0n) is 10.8. The van der Waals surface area contributed by atoms with Crippen molar-refractivity contribution in [3.8, 4) is 11.6 Å². The predicted octanol–water partition coefficient (Wildman–Crippen LogP) is 2.82. The lowest BCUT2D eigenvalue weighted by Crippen LogP contribution is -2.12. The highest BCUT2D eigenvalue weighted by Gasteiger charge is 2.23. The van der Waals surface area contributed by atoms with E-state index in [9.17, 15) is 8.42 Å². The Morgan fingerprint density at radius 2 is 2.00 bits per heavy atom. The number of ether oxygens (including phenoxy) is 1. The third-order valence-electron chi connectivity index (χ3n) is 2.55. The van der Waals surface area contributed by atoms with Gasteiger partial charge in [-0.1, -0.05) is 17.7 Å². The van der Waals surface area contributed by atoms with Crippen LogP contribution in [0.3, 0.4) is 0 Å². The van der Waals surface area contributed by atoms with E-state index in [0.717, 1.165) is 0 Å². The van der Waals surface area contributed by atoms with Crippen molar-refractivity contribution in [3.05, 3.63) is 47.1 Å². The fourth-order valence-corrected chi connectivity index (χ4v) is 2.84. The van der Waals surface area contributed by atoms with Crippen molar-refractivity contribution in [1.29, 1.82) is 0 Å². The first-order chi connectivity index (χ1) is 9.44. The molecule has 0 aliphatic carbocycles. The largest absolute Gasteiger partial charge is 0.495 e. The van der Waals surface area contributed by atoms with Crippen LogP contribution in [0.5, 0.6) is 11.6 Å². The molecule has 0 spiro atoms. The number of hydrogen-bond donors (Lipinski definition) is 0. The van der Waals surface area contributed by atoms with Gasteiger partial charge in [0, 0.05) is 17.3 Å². The van der Waals surface area contributed by atoms with E-state index >= 15 is 0 Å². The molecule has 0 aliphatic rings. The molecule has 0 atom stereocenters. The van der Waals surface area contributed by atoms with Crippen LogP contribution in [-0.2, 0) is 10.1 Å². The quantitative estimate of drug-likeness (QED) is 0.812. The molecular weight excluding hydrogens is 302 g/mol. The zero-order valence-corrected chi connectivity index (χ0v) is 12.4. The summed E-state index contributed by atoms with van der Waals surface area (Å²) in [5.41, 5.74) is 0.709. The lowest BCUT2D eigenvalue weighted by Gasteiger charge is -2.11. The van der Waals surface area contributed by atoms with Gasteiger partial charge >= 0.3 is 10.1 Å². The van der Waals surface area contributed by atoms with Gasteiger partial charge in [0.25, 0.3) is 0 Å². The minimum Gasteiger partial charge on any atom is -0.495 e. The van der Waals surface area contributed by atoms with Crippen molar-refractivity contribution >= 4 is 21.7 Å². The molecule has 20 heavy (non-hydrogen) atoms. The molecule has 0 N–H and O–H groups in total. The molecule has 0 unspecified atom stereocenters. The van der Waals surface area contributed by atoms with Gasteiger partial charge in [-0.05, 0) is 30.7 Å². The van der Waals surface area contributed by atoms with E-state index in [1.54, 1.807) is 19.1 Å². The fraction of sp³-hybridized carbons (Fsp3) is 0.154. The summed E-state index contributed by atoms with van der Waals surface area (Å²) in [6, 6.07) is 7.56. The van der Waals surface area contributed by atoms with E-state index in [4.69, 9.17) is 20.5 Å². The Hall–Kier alpha value is -1.79. The van der Waals surface area contributed by atoms with Gasteiger partial charge < -0.3 is 8.92 Å². The molecule has 0 saturated heterocycles. The summed E-state index contributed by atoms with van der Waals surface area (Å²) < 4.78 is 34.5. The van der Waals surface area contributed by atoms with Gasteiger partial charge in [0.1, 0.15) is 10.6 Å². The fourth-order valence-electron chi connectivity index (χ4n) is 1.55. The average Bonchev–Trinajstić information content (AvgIpc) is 2.42. The molecule has 1 heterocycles. The van der Waals surface area contributed by atoms with Crippen LogP contribution in [0.1, 0.15) is 5.56 Å². The van der Waals surface area contributed by atoms with Crippen molar-refractivity contribution in [3.63, 3.8) is 0 Å². The van der Waals surface area contributed by atoms with E-state index in [0.29, 0.717) is 10.6 Å². The highest BCUT2D eigenvalue weighted by atomic mass is 35.5. The van der Waals surface area contributed by atoms with Crippen molar-refractivity contribution in [1.82, 2.24) is 4.98 Å². The molecule has 1 aromatic heterocycles. The topological polar surface area (TPSA) is 65.5 Å². The second kappa shape index (κ2) is 5.68. The van der Waals surface area contributed by atoms with Crippen LogP contribution in [0.25, 0.3) is 0 Å². The first kappa shape index (κ1) is 14.6. The smallest absolute Gasteiger partial charge is 0.344 e.